The number of hydrogen-bond acceptors (Lipinski definition) is 4. The number of nitrogens with one attached hydrogen (secondary N) is 1. The molecule has 0 aliphatic carbocycles. The Morgan fingerprint density at radius 1 is 1.44 bits per heavy atom. The summed E-state index contributed by atoms with van der Waals surface area (Å²) in [5.74, 6) is 0.875. The molecule has 16 heavy (non-hydrogen) atoms. The minimum Gasteiger partial charge on any atom is -0.397 e. The summed E-state index contributed by atoms with van der Waals surface area (Å²) in [7, 11) is 1.91. The molecule has 0 spiro atoms. The molecule has 0 aliphatic rings. The third kappa shape index (κ3) is 2.13. The zero-order valence-corrected chi connectivity index (χ0v) is 9.44. The molecule has 1 heterocycles. The van der Waals surface area contributed by atoms with Crippen molar-refractivity contribution in [2.24, 2.45) is 7.05 Å². The van der Waals surface area contributed by atoms with Crippen molar-refractivity contribution in [1.29, 1.82) is 0 Å². The van der Waals surface area contributed by atoms with Crippen LogP contribution in [0.5, 0.6) is 0 Å². The highest BCUT2D eigenvalue weighted by atomic mass is 15.3. The van der Waals surface area contributed by atoms with Gasteiger partial charge in [0.2, 0.25) is 0 Å². The van der Waals surface area contributed by atoms with Crippen molar-refractivity contribution >= 4 is 11.4 Å². The van der Waals surface area contributed by atoms with E-state index in [1.807, 2.05) is 36.7 Å². The Hall–Kier alpha value is -2.04. The molecule has 0 radical (unpaired) electrons. The summed E-state index contributed by atoms with van der Waals surface area (Å²) in [5, 5.41) is 11.0. The number of anilines is 2. The van der Waals surface area contributed by atoms with Gasteiger partial charge in [0, 0.05) is 7.05 Å². The standard InChI is InChI=1S/C11H15N5/c1-8-3-4-10(9(12)5-8)13-6-11-15-14-7-16(11)2/h3-5,7,13H,6,12H2,1-2H3. The van der Waals surface area contributed by atoms with Crippen LogP contribution >= 0.6 is 0 Å². The van der Waals surface area contributed by atoms with E-state index in [1.54, 1.807) is 6.33 Å². The van der Waals surface area contributed by atoms with E-state index < -0.39 is 0 Å². The van der Waals surface area contributed by atoms with Gasteiger partial charge in [0.1, 0.15) is 6.33 Å². The third-order valence-electron chi connectivity index (χ3n) is 2.45. The topological polar surface area (TPSA) is 68.8 Å². The first-order chi connectivity index (χ1) is 7.66. The second kappa shape index (κ2) is 4.22. The molecule has 0 saturated heterocycles. The van der Waals surface area contributed by atoms with Crippen molar-refractivity contribution in [2.75, 3.05) is 11.1 Å². The molecule has 1 aromatic carbocycles. The Morgan fingerprint density at radius 2 is 2.25 bits per heavy atom. The molecular weight excluding hydrogens is 202 g/mol. The van der Waals surface area contributed by atoms with Crippen LogP contribution in [0.4, 0.5) is 11.4 Å². The van der Waals surface area contributed by atoms with E-state index in [1.165, 1.54) is 0 Å². The molecule has 0 saturated carbocycles. The van der Waals surface area contributed by atoms with Crippen molar-refractivity contribution in [2.45, 2.75) is 13.5 Å². The smallest absolute Gasteiger partial charge is 0.151 e. The zero-order chi connectivity index (χ0) is 11.5. The fourth-order valence-corrected chi connectivity index (χ4v) is 1.48. The highest BCUT2D eigenvalue weighted by Crippen LogP contribution is 2.19. The van der Waals surface area contributed by atoms with E-state index in [9.17, 15) is 0 Å². The summed E-state index contributed by atoms with van der Waals surface area (Å²) < 4.78 is 1.87. The molecule has 0 amide bonds. The first kappa shape index (κ1) is 10.5. The molecule has 2 aromatic rings. The lowest BCUT2D eigenvalue weighted by Gasteiger charge is -2.09. The molecule has 2 rings (SSSR count). The van der Waals surface area contributed by atoms with E-state index in [0.29, 0.717) is 6.54 Å². The second-order valence-electron chi connectivity index (χ2n) is 3.80. The fourth-order valence-electron chi connectivity index (χ4n) is 1.48. The maximum absolute atomic E-state index is 5.89. The number of aryl methyl sites for hydroxylation is 2. The van der Waals surface area contributed by atoms with Crippen LogP contribution in [0.1, 0.15) is 11.4 Å². The molecule has 0 atom stereocenters. The lowest BCUT2D eigenvalue weighted by Crippen LogP contribution is -2.07. The number of aromatic nitrogens is 3. The predicted molar refractivity (Wildman–Crippen MR) is 63.9 cm³/mol. The number of nitrogens with zero attached hydrogens (tertiary/aromatic N) is 3. The van der Waals surface area contributed by atoms with Crippen LogP contribution in [0, 0.1) is 6.92 Å². The molecule has 5 heteroatoms. The highest BCUT2D eigenvalue weighted by Gasteiger charge is 2.02. The zero-order valence-electron chi connectivity index (χ0n) is 9.44. The van der Waals surface area contributed by atoms with Gasteiger partial charge in [-0.3, -0.25) is 0 Å². The molecule has 3 N–H and O–H groups in total. The van der Waals surface area contributed by atoms with Crippen molar-refractivity contribution in [3.63, 3.8) is 0 Å². The Kier molecular flexibility index (Phi) is 2.76. The van der Waals surface area contributed by atoms with Crippen LogP contribution in [0.25, 0.3) is 0 Å². The van der Waals surface area contributed by atoms with E-state index in [0.717, 1.165) is 22.8 Å². The van der Waals surface area contributed by atoms with Gasteiger partial charge < -0.3 is 15.6 Å². The van der Waals surface area contributed by atoms with Gasteiger partial charge in [-0.15, -0.1) is 10.2 Å². The van der Waals surface area contributed by atoms with Gasteiger partial charge in [-0.25, -0.2) is 0 Å². The Bertz CT molecular complexity index is 489. The van der Waals surface area contributed by atoms with Crippen LogP contribution in [0.15, 0.2) is 24.5 Å². The second-order valence-corrected chi connectivity index (χ2v) is 3.80. The average molecular weight is 217 g/mol. The number of hydrogen-bond donors (Lipinski definition) is 2. The maximum Gasteiger partial charge on any atom is 0.151 e. The lowest BCUT2D eigenvalue weighted by molar-refractivity contribution is 0.812. The van der Waals surface area contributed by atoms with Gasteiger partial charge in [-0.05, 0) is 24.6 Å². The van der Waals surface area contributed by atoms with Gasteiger partial charge in [0.25, 0.3) is 0 Å². The van der Waals surface area contributed by atoms with E-state index >= 15 is 0 Å². The number of benzene rings is 1. The quantitative estimate of drug-likeness (QED) is 0.761. The summed E-state index contributed by atoms with van der Waals surface area (Å²) >= 11 is 0. The summed E-state index contributed by atoms with van der Waals surface area (Å²) in [6, 6.07) is 5.94. The van der Waals surface area contributed by atoms with E-state index in [2.05, 4.69) is 15.5 Å². The first-order valence-corrected chi connectivity index (χ1v) is 5.09. The van der Waals surface area contributed by atoms with Crippen LogP contribution in [-0.2, 0) is 13.6 Å². The monoisotopic (exact) mass is 217 g/mol. The van der Waals surface area contributed by atoms with E-state index in [-0.39, 0.29) is 0 Å². The van der Waals surface area contributed by atoms with Gasteiger partial charge in [0.15, 0.2) is 5.82 Å². The highest BCUT2D eigenvalue weighted by molar-refractivity contribution is 5.66. The normalized spacial score (nSPS) is 10.4. The molecule has 0 fully saturated rings. The SMILES string of the molecule is Cc1ccc(NCc2nncn2C)c(N)c1. The van der Waals surface area contributed by atoms with Gasteiger partial charge >= 0.3 is 0 Å². The summed E-state index contributed by atoms with van der Waals surface area (Å²) in [5.41, 5.74) is 8.72. The van der Waals surface area contributed by atoms with Crippen molar-refractivity contribution in [3.8, 4) is 0 Å². The molecule has 0 unspecified atom stereocenters. The summed E-state index contributed by atoms with van der Waals surface area (Å²) in [6.45, 7) is 2.63. The van der Waals surface area contributed by atoms with Gasteiger partial charge in [-0.2, -0.15) is 0 Å². The predicted octanol–water partition coefficient (Wildman–Crippen LogP) is 1.32. The molecule has 84 valence electrons. The maximum atomic E-state index is 5.89. The average Bonchev–Trinajstić information content (AvgIpc) is 2.63. The third-order valence-corrected chi connectivity index (χ3v) is 2.45. The van der Waals surface area contributed by atoms with Crippen LogP contribution in [0.2, 0.25) is 0 Å². The van der Waals surface area contributed by atoms with Crippen LogP contribution in [0.3, 0.4) is 0 Å². The van der Waals surface area contributed by atoms with Crippen molar-refractivity contribution in [3.05, 3.63) is 35.9 Å². The molecular formula is C11H15N5. The lowest BCUT2D eigenvalue weighted by atomic mass is 10.2. The van der Waals surface area contributed by atoms with Gasteiger partial charge in [0.05, 0.1) is 17.9 Å². The first-order valence-electron chi connectivity index (χ1n) is 5.09. The summed E-state index contributed by atoms with van der Waals surface area (Å²) in [4.78, 5) is 0. The Balaban J connectivity index is 2.08. The largest absolute Gasteiger partial charge is 0.397 e. The van der Waals surface area contributed by atoms with Crippen molar-refractivity contribution < 1.29 is 0 Å². The number of nitrogens with two attached hydrogens (primary N) is 1. The molecule has 1 aromatic heterocycles. The minimum atomic E-state index is 0.615. The minimum absolute atomic E-state index is 0.615. The number of nitrogen functional groups attached to an aromatic ring is 1. The molecule has 5 nitrogen and oxygen atoms in total. The fraction of sp³-hybridized carbons (Fsp3) is 0.273. The molecule has 0 aliphatic heterocycles. The van der Waals surface area contributed by atoms with E-state index in [4.69, 9.17) is 5.73 Å². The summed E-state index contributed by atoms with van der Waals surface area (Å²) in [6.07, 6.45) is 1.68. The van der Waals surface area contributed by atoms with Crippen LogP contribution < -0.4 is 11.1 Å². The Labute approximate surface area is 94.3 Å². The van der Waals surface area contributed by atoms with Crippen molar-refractivity contribution in [1.82, 2.24) is 14.8 Å². The van der Waals surface area contributed by atoms with Crippen LogP contribution in [-0.4, -0.2) is 14.8 Å². The Morgan fingerprint density at radius 3 is 2.88 bits per heavy atom. The number of rotatable bonds is 3. The van der Waals surface area contributed by atoms with Gasteiger partial charge in [-0.1, -0.05) is 6.07 Å². The molecule has 0 bridgehead atoms.